The molecule has 5 aliphatic carbocycles. The van der Waals surface area contributed by atoms with Crippen molar-refractivity contribution < 1.29 is 14.6 Å². The van der Waals surface area contributed by atoms with Crippen molar-refractivity contribution in [1.29, 1.82) is 0 Å². The minimum Gasteiger partial charge on any atom is -0.463 e. The monoisotopic (exact) mass is 372 g/mol. The SMILES string of the molecule is CC(=O)O[C@@H]1CC[C@@]2(C)[C@@H](CC[C@@H]3[C@@H]2CC[C@@]24C=CC[C@@H](O)[C@H]2CC[C@@H]34)C1. The van der Waals surface area contributed by atoms with Crippen LogP contribution in [0.3, 0.4) is 0 Å². The molecule has 0 radical (unpaired) electrons. The van der Waals surface area contributed by atoms with Crippen LogP contribution in [0.5, 0.6) is 0 Å². The normalized spacial score (nSPS) is 53.7. The molecule has 0 saturated heterocycles. The van der Waals surface area contributed by atoms with Crippen LogP contribution >= 0.6 is 0 Å². The maximum Gasteiger partial charge on any atom is 0.302 e. The Labute approximate surface area is 163 Å². The fourth-order valence-corrected chi connectivity index (χ4v) is 8.80. The summed E-state index contributed by atoms with van der Waals surface area (Å²) in [5.74, 6) is 3.57. The molecule has 9 atom stereocenters. The smallest absolute Gasteiger partial charge is 0.302 e. The van der Waals surface area contributed by atoms with Crippen LogP contribution < -0.4 is 0 Å². The third-order valence-electron chi connectivity index (χ3n) is 9.87. The van der Waals surface area contributed by atoms with Crippen molar-refractivity contribution in [2.24, 2.45) is 40.4 Å². The highest BCUT2D eigenvalue weighted by molar-refractivity contribution is 5.66. The molecule has 0 amide bonds. The Morgan fingerprint density at radius 1 is 1.04 bits per heavy atom. The molecule has 3 nitrogen and oxygen atoms in total. The summed E-state index contributed by atoms with van der Waals surface area (Å²) in [4.78, 5) is 11.4. The molecule has 0 heterocycles. The van der Waals surface area contributed by atoms with E-state index in [1.807, 2.05) is 0 Å². The lowest BCUT2D eigenvalue weighted by molar-refractivity contribution is -0.160. The fraction of sp³-hybridized carbons (Fsp3) is 0.875. The summed E-state index contributed by atoms with van der Waals surface area (Å²) in [6.07, 6.45) is 16.9. The number of carbonyl (C=O) groups is 1. The molecule has 4 saturated carbocycles. The molecule has 1 spiro atoms. The molecular weight excluding hydrogens is 336 g/mol. The Balaban J connectivity index is 1.39. The highest BCUT2D eigenvalue weighted by Gasteiger charge is 2.62. The van der Waals surface area contributed by atoms with E-state index in [1.54, 1.807) is 6.92 Å². The Bertz CT molecular complexity index is 642. The van der Waals surface area contributed by atoms with Crippen LogP contribution in [0.1, 0.15) is 78.1 Å². The van der Waals surface area contributed by atoms with Gasteiger partial charge in [-0.3, -0.25) is 4.79 Å². The van der Waals surface area contributed by atoms with Crippen LogP contribution in [0.2, 0.25) is 0 Å². The van der Waals surface area contributed by atoms with E-state index in [-0.39, 0.29) is 18.2 Å². The quantitative estimate of drug-likeness (QED) is 0.527. The van der Waals surface area contributed by atoms with Gasteiger partial charge in [0.25, 0.3) is 0 Å². The molecule has 27 heavy (non-hydrogen) atoms. The number of rotatable bonds is 1. The molecule has 1 N–H and O–H groups in total. The number of fused-ring (bicyclic) bond motifs is 4. The zero-order valence-corrected chi connectivity index (χ0v) is 17.0. The highest BCUT2D eigenvalue weighted by Crippen LogP contribution is 2.69. The van der Waals surface area contributed by atoms with Crippen LogP contribution in [0.15, 0.2) is 12.2 Å². The second kappa shape index (κ2) is 6.34. The van der Waals surface area contributed by atoms with Crippen molar-refractivity contribution in [3.63, 3.8) is 0 Å². The summed E-state index contributed by atoms with van der Waals surface area (Å²) in [6, 6.07) is 0. The largest absolute Gasteiger partial charge is 0.463 e. The predicted molar refractivity (Wildman–Crippen MR) is 105 cm³/mol. The number of aliphatic hydroxyl groups is 1. The zero-order chi connectivity index (χ0) is 18.8. The Kier molecular flexibility index (Phi) is 4.28. The maximum absolute atomic E-state index is 11.4. The van der Waals surface area contributed by atoms with E-state index in [1.165, 1.54) is 44.9 Å². The van der Waals surface area contributed by atoms with Gasteiger partial charge in [0.1, 0.15) is 6.10 Å². The number of hydrogen-bond donors (Lipinski definition) is 1. The van der Waals surface area contributed by atoms with Crippen molar-refractivity contribution in [1.82, 2.24) is 0 Å². The second-order valence-corrected chi connectivity index (χ2v) is 10.7. The molecule has 0 aliphatic heterocycles. The van der Waals surface area contributed by atoms with Gasteiger partial charge in [0.15, 0.2) is 0 Å². The van der Waals surface area contributed by atoms with Gasteiger partial charge in [0.05, 0.1) is 6.10 Å². The Morgan fingerprint density at radius 3 is 2.67 bits per heavy atom. The van der Waals surface area contributed by atoms with Crippen molar-refractivity contribution in [2.45, 2.75) is 90.3 Å². The van der Waals surface area contributed by atoms with Gasteiger partial charge in [-0.15, -0.1) is 0 Å². The number of aliphatic hydroxyl groups excluding tert-OH is 1. The van der Waals surface area contributed by atoms with Crippen LogP contribution in [0.25, 0.3) is 0 Å². The van der Waals surface area contributed by atoms with Crippen molar-refractivity contribution >= 4 is 5.97 Å². The molecule has 150 valence electrons. The number of hydrogen-bond acceptors (Lipinski definition) is 3. The summed E-state index contributed by atoms with van der Waals surface area (Å²) in [6.45, 7) is 4.11. The Hall–Kier alpha value is -0.830. The van der Waals surface area contributed by atoms with Crippen molar-refractivity contribution in [3.05, 3.63) is 12.2 Å². The molecule has 5 rings (SSSR count). The number of esters is 1. The van der Waals surface area contributed by atoms with Gasteiger partial charge in [0.2, 0.25) is 0 Å². The first kappa shape index (κ1) is 18.2. The van der Waals surface area contributed by atoms with E-state index in [4.69, 9.17) is 4.74 Å². The first-order valence-corrected chi connectivity index (χ1v) is 11.5. The molecule has 4 fully saturated rings. The number of ether oxygens (including phenoxy) is 1. The summed E-state index contributed by atoms with van der Waals surface area (Å²) in [5, 5.41) is 10.7. The van der Waals surface area contributed by atoms with Crippen LogP contribution in [0.4, 0.5) is 0 Å². The molecular formula is C24H36O3. The van der Waals surface area contributed by atoms with E-state index in [2.05, 4.69) is 19.1 Å². The molecule has 0 bridgehead atoms. The highest BCUT2D eigenvalue weighted by atomic mass is 16.5. The first-order chi connectivity index (χ1) is 12.9. The lowest BCUT2D eigenvalue weighted by Gasteiger charge is -2.61. The third kappa shape index (κ3) is 2.59. The third-order valence-corrected chi connectivity index (χ3v) is 9.87. The van der Waals surface area contributed by atoms with E-state index in [0.717, 1.165) is 42.9 Å². The summed E-state index contributed by atoms with van der Waals surface area (Å²) < 4.78 is 5.60. The van der Waals surface area contributed by atoms with Crippen LogP contribution in [-0.4, -0.2) is 23.3 Å². The van der Waals surface area contributed by atoms with Crippen molar-refractivity contribution in [2.75, 3.05) is 0 Å². The summed E-state index contributed by atoms with van der Waals surface area (Å²) >= 11 is 0. The zero-order valence-electron chi connectivity index (χ0n) is 17.0. The van der Waals surface area contributed by atoms with Gasteiger partial charge in [-0.25, -0.2) is 0 Å². The number of allylic oxidation sites excluding steroid dienone is 1. The predicted octanol–water partition coefficient (Wildman–Crippen LogP) is 4.88. The van der Waals surface area contributed by atoms with Gasteiger partial charge >= 0.3 is 5.97 Å². The Morgan fingerprint density at radius 2 is 1.85 bits per heavy atom. The molecule has 5 aliphatic rings. The van der Waals surface area contributed by atoms with Crippen molar-refractivity contribution in [3.8, 4) is 0 Å². The van der Waals surface area contributed by atoms with Crippen LogP contribution in [-0.2, 0) is 9.53 Å². The molecule has 0 aromatic rings. The van der Waals surface area contributed by atoms with Gasteiger partial charge < -0.3 is 9.84 Å². The minimum atomic E-state index is -0.114. The summed E-state index contributed by atoms with van der Waals surface area (Å²) in [5.41, 5.74) is 0.729. The standard InChI is InChI=1S/C24H36O3/c1-15(25)27-17-9-12-23(2)16(14-17)5-6-18-19(23)10-13-24-11-3-4-22(26)21(24)8-7-20(18)24/h3,11,16-22,26H,4-10,12-14H2,1-2H3/t16-,17+,18+,19-,20-,21+,22+,23-,24+/m0/s1. The lowest BCUT2D eigenvalue weighted by atomic mass is 9.44. The molecule has 0 aromatic heterocycles. The van der Waals surface area contributed by atoms with E-state index < -0.39 is 0 Å². The molecule has 0 aromatic carbocycles. The molecule has 3 heteroatoms. The maximum atomic E-state index is 11.4. The van der Waals surface area contributed by atoms with E-state index >= 15 is 0 Å². The molecule has 0 unspecified atom stereocenters. The average molecular weight is 373 g/mol. The van der Waals surface area contributed by atoms with Gasteiger partial charge in [0, 0.05) is 6.92 Å². The van der Waals surface area contributed by atoms with Crippen LogP contribution in [0, 0.1) is 40.4 Å². The van der Waals surface area contributed by atoms with E-state index in [9.17, 15) is 9.90 Å². The van der Waals surface area contributed by atoms with Gasteiger partial charge in [-0.1, -0.05) is 19.1 Å². The van der Waals surface area contributed by atoms with E-state index in [0.29, 0.717) is 16.7 Å². The lowest BCUT2D eigenvalue weighted by Crippen LogP contribution is -2.55. The number of carbonyl (C=O) groups excluding carboxylic acids is 1. The van der Waals surface area contributed by atoms with Gasteiger partial charge in [-0.2, -0.15) is 0 Å². The second-order valence-electron chi connectivity index (χ2n) is 10.7. The average Bonchev–Trinajstić information content (AvgIpc) is 3.03. The minimum absolute atomic E-state index is 0.109. The topological polar surface area (TPSA) is 46.5 Å². The first-order valence-electron chi connectivity index (χ1n) is 11.5. The summed E-state index contributed by atoms with van der Waals surface area (Å²) in [7, 11) is 0. The van der Waals surface area contributed by atoms with Gasteiger partial charge in [-0.05, 0) is 105 Å². The fourth-order valence-electron chi connectivity index (χ4n) is 8.80.